The summed E-state index contributed by atoms with van der Waals surface area (Å²) in [6, 6.07) is 11.4. The lowest BCUT2D eigenvalue weighted by Gasteiger charge is -2.09. The monoisotopic (exact) mass is 473 g/mol. The van der Waals surface area contributed by atoms with Crippen LogP contribution in [0.3, 0.4) is 0 Å². The van der Waals surface area contributed by atoms with Crippen LogP contribution in [-0.2, 0) is 9.59 Å². The number of carbonyl (C=O) groups excluding carboxylic acids is 2. The van der Waals surface area contributed by atoms with Gasteiger partial charge >= 0.3 is 0 Å². The SMILES string of the molecule is CCCCOc1ccc(C=NNC(=O)CCC(=O)Nc2cc(C)ccc2C)cc1Br. The summed E-state index contributed by atoms with van der Waals surface area (Å²) in [5.74, 6) is 0.255. The normalized spacial score (nSPS) is 10.8. The molecule has 0 aliphatic carbocycles. The smallest absolute Gasteiger partial charge is 0.240 e. The van der Waals surface area contributed by atoms with Crippen molar-refractivity contribution in [1.82, 2.24) is 5.43 Å². The van der Waals surface area contributed by atoms with Crippen LogP contribution < -0.4 is 15.5 Å². The third-order valence-corrected chi connectivity index (χ3v) is 4.98. The van der Waals surface area contributed by atoms with Crippen LogP contribution in [0.15, 0.2) is 46.0 Å². The van der Waals surface area contributed by atoms with Crippen molar-refractivity contribution in [3.05, 3.63) is 57.6 Å². The van der Waals surface area contributed by atoms with Crippen LogP contribution in [0.2, 0.25) is 0 Å². The average Bonchev–Trinajstić information content (AvgIpc) is 2.71. The second-order valence-electron chi connectivity index (χ2n) is 7.05. The first kappa shape index (κ1) is 23.6. The summed E-state index contributed by atoms with van der Waals surface area (Å²) in [6.07, 6.45) is 3.78. The van der Waals surface area contributed by atoms with Gasteiger partial charge in [0.2, 0.25) is 11.8 Å². The summed E-state index contributed by atoms with van der Waals surface area (Å²) < 4.78 is 6.52. The van der Waals surface area contributed by atoms with Crippen LogP contribution in [0.4, 0.5) is 5.69 Å². The van der Waals surface area contributed by atoms with Gasteiger partial charge in [0.15, 0.2) is 0 Å². The van der Waals surface area contributed by atoms with Gasteiger partial charge in [0.1, 0.15) is 5.75 Å². The maximum atomic E-state index is 12.1. The molecule has 2 aromatic carbocycles. The predicted molar refractivity (Wildman–Crippen MR) is 124 cm³/mol. The van der Waals surface area contributed by atoms with E-state index in [1.165, 1.54) is 0 Å². The van der Waals surface area contributed by atoms with Crippen molar-refractivity contribution >= 4 is 39.6 Å². The second kappa shape index (κ2) is 12.1. The van der Waals surface area contributed by atoms with E-state index in [2.05, 4.69) is 38.7 Å². The quantitative estimate of drug-likeness (QED) is 0.285. The Bertz CT molecular complexity index is 913. The molecule has 0 fully saturated rings. The lowest BCUT2D eigenvalue weighted by Crippen LogP contribution is -2.20. The molecule has 0 aromatic heterocycles. The number of aryl methyl sites for hydroxylation is 2. The third-order valence-electron chi connectivity index (χ3n) is 4.36. The van der Waals surface area contributed by atoms with Crippen molar-refractivity contribution in [3.8, 4) is 5.75 Å². The van der Waals surface area contributed by atoms with Crippen molar-refractivity contribution < 1.29 is 14.3 Å². The van der Waals surface area contributed by atoms with Crippen molar-refractivity contribution in [2.24, 2.45) is 5.10 Å². The summed E-state index contributed by atoms with van der Waals surface area (Å²) in [5, 5.41) is 6.80. The fraction of sp³-hybridized carbons (Fsp3) is 0.348. The molecule has 160 valence electrons. The standard InChI is InChI=1S/C23H28BrN3O3/c1-4-5-12-30-21-9-8-18(14-19(21)24)15-25-27-23(29)11-10-22(28)26-20-13-16(2)6-7-17(20)3/h6-9,13-15H,4-5,10-12H2,1-3H3,(H,26,28)(H,27,29). The zero-order chi connectivity index (χ0) is 21.9. The molecule has 0 aliphatic rings. The zero-order valence-electron chi connectivity index (χ0n) is 17.6. The molecule has 7 heteroatoms. The van der Waals surface area contributed by atoms with Crippen LogP contribution in [-0.4, -0.2) is 24.6 Å². The summed E-state index contributed by atoms with van der Waals surface area (Å²) >= 11 is 3.48. The molecule has 0 saturated heterocycles. The van der Waals surface area contributed by atoms with E-state index < -0.39 is 0 Å². The summed E-state index contributed by atoms with van der Waals surface area (Å²) in [7, 11) is 0. The number of unbranched alkanes of at least 4 members (excludes halogenated alkanes) is 1. The van der Waals surface area contributed by atoms with E-state index in [1.807, 2.05) is 50.2 Å². The second-order valence-corrected chi connectivity index (χ2v) is 7.91. The first-order valence-corrected chi connectivity index (χ1v) is 10.8. The lowest BCUT2D eigenvalue weighted by molar-refractivity contribution is -0.124. The molecule has 30 heavy (non-hydrogen) atoms. The van der Waals surface area contributed by atoms with E-state index in [4.69, 9.17) is 4.74 Å². The van der Waals surface area contributed by atoms with Gasteiger partial charge in [-0.15, -0.1) is 0 Å². The Morgan fingerprint density at radius 2 is 1.87 bits per heavy atom. The third kappa shape index (κ3) is 7.99. The number of ether oxygens (including phenoxy) is 1. The number of carbonyl (C=O) groups is 2. The van der Waals surface area contributed by atoms with E-state index in [0.717, 1.165) is 45.4 Å². The predicted octanol–water partition coefficient (Wildman–Crippen LogP) is 5.11. The molecule has 0 saturated carbocycles. The highest BCUT2D eigenvalue weighted by atomic mass is 79.9. The van der Waals surface area contributed by atoms with Crippen LogP contribution in [0.1, 0.15) is 49.3 Å². The Labute approximate surface area is 186 Å². The summed E-state index contributed by atoms with van der Waals surface area (Å²) in [6.45, 7) is 6.68. The number of anilines is 1. The van der Waals surface area contributed by atoms with E-state index in [1.54, 1.807) is 6.21 Å². The van der Waals surface area contributed by atoms with Crippen LogP contribution in [0.25, 0.3) is 0 Å². The molecule has 0 heterocycles. The van der Waals surface area contributed by atoms with Crippen molar-refractivity contribution in [1.29, 1.82) is 0 Å². The van der Waals surface area contributed by atoms with Crippen LogP contribution >= 0.6 is 15.9 Å². The van der Waals surface area contributed by atoms with Crippen molar-refractivity contribution in [2.45, 2.75) is 46.5 Å². The Kier molecular flexibility index (Phi) is 9.54. The van der Waals surface area contributed by atoms with Gasteiger partial charge in [0.25, 0.3) is 0 Å². The zero-order valence-corrected chi connectivity index (χ0v) is 19.2. The van der Waals surface area contributed by atoms with Crippen molar-refractivity contribution in [2.75, 3.05) is 11.9 Å². The molecular weight excluding hydrogens is 446 g/mol. The van der Waals surface area contributed by atoms with Crippen LogP contribution in [0, 0.1) is 13.8 Å². The number of benzene rings is 2. The fourth-order valence-electron chi connectivity index (χ4n) is 2.59. The highest BCUT2D eigenvalue weighted by Crippen LogP contribution is 2.25. The topological polar surface area (TPSA) is 79.8 Å². The van der Waals surface area contributed by atoms with Crippen LogP contribution in [0.5, 0.6) is 5.75 Å². The molecule has 2 aromatic rings. The highest BCUT2D eigenvalue weighted by molar-refractivity contribution is 9.10. The number of rotatable bonds is 10. The molecule has 0 atom stereocenters. The molecule has 6 nitrogen and oxygen atoms in total. The number of hydrazone groups is 1. The minimum Gasteiger partial charge on any atom is -0.492 e. The highest BCUT2D eigenvalue weighted by Gasteiger charge is 2.08. The first-order valence-electron chi connectivity index (χ1n) is 10.0. The van der Waals surface area contributed by atoms with Gasteiger partial charge in [-0.2, -0.15) is 5.10 Å². The Morgan fingerprint density at radius 1 is 1.10 bits per heavy atom. The first-order chi connectivity index (χ1) is 14.4. The van der Waals surface area contributed by atoms with Gasteiger partial charge in [-0.25, -0.2) is 5.43 Å². The number of hydrogen-bond donors (Lipinski definition) is 2. The van der Waals surface area contributed by atoms with Gasteiger partial charge < -0.3 is 10.1 Å². The average molecular weight is 474 g/mol. The molecule has 2 N–H and O–H groups in total. The molecule has 0 aliphatic heterocycles. The number of nitrogens with zero attached hydrogens (tertiary/aromatic N) is 1. The molecule has 0 radical (unpaired) electrons. The fourth-order valence-corrected chi connectivity index (χ4v) is 3.10. The molecule has 0 unspecified atom stereocenters. The van der Waals surface area contributed by atoms with E-state index in [-0.39, 0.29) is 24.7 Å². The van der Waals surface area contributed by atoms with Gasteiger partial charge in [-0.3, -0.25) is 9.59 Å². The van der Waals surface area contributed by atoms with Gasteiger partial charge in [-0.1, -0.05) is 25.5 Å². The maximum absolute atomic E-state index is 12.1. The number of hydrogen-bond acceptors (Lipinski definition) is 4. The maximum Gasteiger partial charge on any atom is 0.240 e. The number of nitrogens with one attached hydrogen (secondary N) is 2. The Morgan fingerprint density at radius 3 is 2.60 bits per heavy atom. The minimum absolute atomic E-state index is 0.0575. The van der Waals surface area contributed by atoms with Crippen molar-refractivity contribution in [3.63, 3.8) is 0 Å². The summed E-state index contributed by atoms with van der Waals surface area (Å²) in [4.78, 5) is 24.0. The summed E-state index contributed by atoms with van der Waals surface area (Å²) in [5.41, 5.74) is 6.08. The van der Waals surface area contributed by atoms with Gasteiger partial charge in [0.05, 0.1) is 17.3 Å². The lowest BCUT2D eigenvalue weighted by atomic mass is 10.1. The largest absolute Gasteiger partial charge is 0.492 e. The molecule has 0 bridgehead atoms. The molecule has 0 spiro atoms. The van der Waals surface area contributed by atoms with Gasteiger partial charge in [-0.05, 0) is 77.2 Å². The molecule has 2 rings (SSSR count). The Hall–Kier alpha value is -2.67. The van der Waals surface area contributed by atoms with E-state index in [9.17, 15) is 9.59 Å². The molecular formula is C23H28BrN3O3. The van der Waals surface area contributed by atoms with E-state index in [0.29, 0.717) is 6.61 Å². The molecule has 2 amide bonds. The van der Waals surface area contributed by atoms with Gasteiger partial charge in [0, 0.05) is 18.5 Å². The Balaban J connectivity index is 1.77. The number of amides is 2. The minimum atomic E-state index is -0.319. The van der Waals surface area contributed by atoms with E-state index >= 15 is 0 Å². The number of halogens is 1.